The van der Waals surface area contributed by atoms with Gasteiger partial charge >= 0.3 is 0 Å². The van der Waals surface area contributed by atoms with Crippen molar-refractivity contribution in [1.82, 2.24) is 0 Å². The van der Waals surface area contributed by atoms with E-state index in [9.17, 15) is 9.59 Å². The zero-order valence-corrected chi connectivity index (χ0v) is 15.8. The van der Waals surface area contributed by atoms with Crippen molar-refractivity contribution < 1.29 is 18.7 Å². The maximum Gasteiger partial charge on any atom is 0.293 e. The Balaban J connectivity index is 1.69. The smallest absolute Gasteiger partial charge is 0.293 e. The third-order valence-corrected chi connectivity index (χ3v) is 4.59. The maximum absolute atomic E-state index is 13.3. The molecular formula is C23H21NO4. The molecule has 4 rings (SSSR count). The number of ketones is 1. The van der Waals surface area contributed by atoms with Crippen LogP contribution in [-0.4, -0.2) is 17.3 Å². The maximum atomic E-state index is 13.3. The van der Waals surface area contributed by atoms with Gasteiger partial charge in [-0.05, 0) is 38.1 Å². The molecule has 1 aliphatic rings. The molecule has 1 amide bonds. The summed E-state index contributed by atoms with van der Waals surface area (Å²) in [5.74, 6) is 0.228. The van der Waals surface area contributed by atoms with Crippen LogP contribution >= 0.6 is 0 Å². The molecule has 1 aromatic heterocycles. The van der Waals surface area contributed by atoms with Gasteiger partial charge in [-0.3, -0.25) is 14.5 Å². The van der Waals surface area contributed by atoms with Crippen LogP contribution in [0.15, 0.2) is 76.9 Å². The molecule has 2 heterocycles. The Hall–Kier alpha value is -3.34. The molecule has 1 aliphatic heterocycles. The predicted octanol–water partition coefficient (Wildman–Crippen LogP) is 4.62. The fourth-order valence-corrected chi connectivity index (χ4v) is 3.38. The van der Waals surface area contributed by atoms with Gasteiger partial charge < -0.3 is 9.15 Å². The van der Waals surface area contributed by atoms with Crippen molar-refractivity contribution >= 4 is 28.3 Å². The Kier molecular flexibility index (Phi) is 4.51. The van der Waals surface area contributed by atoms with Gasteiger partial charge in [0.2, 0.25) is 0 Å². The molecule has 0 atom stereocenters. The summed E-state index contributed by atoms with van der Waals surface area (Å²) < 4.78 is 11.7. The Labute approximate surface area is 163 Å². The number of benzene rings is 2. The van der Waals surface area contributed by atoms with Crippen molar-refractivity contribution in [2.24, 2.45) is 0 Å². The van der Waals surface area contributed by atoms with E-state index in [4.69, 9.17) is 9.15 Å². The fraction of sp³-hybridized carbons (Fsp3) is 0.217. The van der Waals surface area contributed by atoms with E-state index in [-0.39, 0.29) is 30.4 Å². The molecule has 0 bridgehead atoms. The standard InChI is InChI=1S/C23H21NO4/c1-23(2)14-18(25)13-21(28-23)22(26)24(17-9-4-3-5-10-17)15-19-12-16-8-6-7-11-20(16)27-19/h3-13H,14-15H2,1-2H3. The molecule has 0 saturated carbocycles. The highest BCUT2D eigenvalue weighted by molar-refractivity contribution is 6.08. The lowest BCUT2D eigenvalue weighted by Crippen LogP contribution is -2.39. The lowest BCUT2D eigenvalue weighted by molar-refractivity contribution is -0.129. The normalized spacial score (nSPS) is 15.8. The van der Waals surface area contributed by atoms with Gasteiger partial charge in [0.05, 0.1) is 6.54 Å². The van der Waals surface area contributed by atoms with E-state index in [1.165, 1.54) is 6.08 Å². The predicted molar refractivity (Wildman–Crippen MR) is 107 cm³/mol. The largest absolute Gasteiger partial charge is 0.481 e. The van der Waals surface area contributed by atoms with E-state index in [2.05, 4.69) is 0 Å². The van der Waals surface area contributed by atoms with Crippen molar-refractivity contribution in [3.8, 4) is 0 Å². The second kappa shape index (κ2) is 7.00. The van der Waals surface area contributed by atoms with Crippen LogP contribution in [0.4, 0.5) is 5.69 Å². The SMILES string of the molecule is CC1(C)CC(=O)C=C(C(=O)N(Cc2cc3ccccc3o2)c2ccccc2)O1. The Bertz CT molecular complexity index is 1030. The first-order valence-electron chi connectivity index (χ1n) is 9.19. The lowest BCUT2D eigenvalue weighted by atomic mass is 9.98. The van der Waals surface area contributed by atoms with Gasteiger partial charge in [-0.15, -0.1) is 0 Å². The summed E-state index contributed by atoms with van der Waals surface area (Å²) in [5.41, 5.74) is 0.758. The molecule has 142 valence electrons. The highest BCUT2D eigenvalue weighted by Crippen LogP contribution is 2.29. The number of allylic oxidation sites excluding steroid dienone is 1. The molecule has 28 heavy (non-hydrogen) atoms. The number of furan rings is 1. The number of carbonyl (C=O) groups excluding carboxylic acids is 2. The number of hydrogen-bond donors (Lipinski definition) is 0. The number of nitrogens with zero attached hydrogens (tertiary/aromatic N) is 1. The monoisotopic (exact) mass is 375 g/mol. The van der Waals surface area contributed by atoms with Crippen LogP contribution in [0.5, 0.6) is 0 Å². The van der Waals surface area contributed by atoms with E-state index in [1.54, 1.807) is 18.7 Å². The zero-order chi connectivity index (χ0) is 19.7. The van der Waals surface area contributed by atoms with E-state index in [1.807, 2.05) is 60.7 Å². The van der Waals surface area contributed by atoms with Gasteiger partial charge in [0.15, 0.2) is 11.5 Å². The third-order valence-electron chi connectivity index (χ3n) is 4.59. The minimum Gasteiger partial charge on any atom is -0.481 e. The van der Waals surface area contributed by atoms with Crippen LogP contribution in [0, 0.1) is 0 Å². The molecule has 5 nitrogen and oxygen atoms in total. The van der Waals surface area contributed by atoms with E-state index < -0.39 is 5.60 Å². The first-order valence-corrected chi connectivity index (χ1v) is 9.19. The van der Waals surface area contributed by atoms with Gasteiger partial charge in [-0.2, -0.15) is 0 Å². The first kappa shape index (κ1) is 18.0. The number of fused-ring (bicyclic) bond motifs is 1. The summed E-state index contributed by atoms with van der Waals surface area (Å²) in [6.45, 7) is 3.83. The molecule has 0 saturated heterocycles. The molecule has 0 spiro atoms. The van der Waals surface area contributed by atoms with E-state index in [0.29, 0.717) is 11.4 Å². The molecule has 3 aromatic rings. The van der Waals surface area contributed by atoms with Crippen LogP contribution in [0.2, 0.25) is 0 Å². The molecule has 0 N–H and O–H groups in total. The number of ether oxygens (including phenoxy) is 1. The Morgan fingerprint density at radius 1 is 1.07 bits per heavy atom. The number of carbonyl (C=O) groups is 2. The molecule has 0 radical (unpaired) electrons. The molecule has 0 aliphatic carbocycles. The van der Waals surface area contributed by atoms with Crippen molar-refractivity contribution in [3.05, 3.63) is 78.3 Å². The van der Waals surface area contributed by atoms with Gasteiger partial charge in [0, 0.05) is 23.6 Å². The van der Waals surface area contributed by atoms with Crippen molar-refractivity contribution in [2.45, 2.75) is 32.4 Å². The number of hydrogen-bond acceptors (Lipinski definition) is 4. The zero-order valence-electron chi connectivity index (χ0n) is 15.8. The first-order chi connectivity index (χ1) is 13.4. The highest BCUT2D eigenvalue weighted by atomic mass is 16.5. The van der Waals surface area contributed by atoms with Crippen molar-refractivity contribution in [2.75, 3.05) is 4.90 Å². The number of rotatable bonds is 4. The summed E-state index contributed by atoms with van der Waals surface area (Å²) in [5, 5.41) is 0.974. The third kappa shape index (κ3) is 3.69. The Morgan fingerprint density at radius 3 is 2.50 bits per heavy atom. The van der Waals surface area contributed by atoms with Gasteiger partial charge in [-0.25, -0.2) is 0 Å². The van der Waals surface area contributed by atoms with Crippen LogP contribution in [0.25, 0.3) is 11.0 Å². The van der Waals surface area contributed by atoms with Crippen molar-refractivity contribution in [3.63, 3.8) is 0 Å². The second-order valence-corrected chi connectivity index (χ2v) is 7.49. The summed E-state index contributed by atoms with van der Waals surface area (Å²) in [4.78, 5) is 26.9. The van der Waals surface area contributed by atoms with Gasteiger partial charge in [0.1, 0.15) is 16.9 Å². The molecule has 0 unspecified atom stereocenters. The summed E-state index contributed by atoms with van der Waals surface area (Å²) in [7, 11) is 0. The van der Waals surface area contributed by atoms with Crippen LogP contribution in [-0.2, 0) is 20.9 Å². The molecule has 2 aromatic carbocycles. The van der Waals surface area contributed by atoms with Gasteiger partial charge in [-0.1, -0.05) is 36.4 Å². The average molecular weight is 375 g/mol. The molecular weight excluding hydrogens is 354 g/mol. The van der Waals surface area contributed by atoms with E-state index in [0.717, 1.165) is 11.0 Å². The summed E-state index contributed by atoms with van der Waals surface area (Å²) >= 11 is 0. The quantitative estimate of drug-likeness (QED) is 0.668. The topological polar surface area (TPSA) is 59.8 Å². The fourth-order valence-electron chi connectivity index (χ4n) is 3.38. The number of anilines is 1. The minimum atomic E-state index is -0.710. The summed E-state index contributed by atoms with van der Waals surface area (Å²) in [6, 6.07) is 18.9. The van der Waals surface area contributed by atoms with E-state index >= 15 is 0 Å². The van der Waals surface area contributed by atoms with Crippen LogP contribution < -0.4 is 4.90 Å². The second-order valence-electron chi connectivity index (χ2n) is 7.49. The van der Waals surface area contributed by atoms with Crippen LogP contribution in [0.1, 0.15) is 26.0 Å². The van der Waals surface area contributed by atoms with Crippen molar-refractivity contribution in [1.29, 1.82) is 0 Å². The molecule has 0 fully saturated rings. The summed E-state index contributed by atoms with van der Waals surface area (Å²) in [6.07, 6.45) is 1.54. The average Bonchev–Trinajstić information content (AvgIpc) is 3.07. The lowest BCUT2D eigenvalue weighted by Gasteiger charge is -2.32. The highest BCUT2D eigenvalue weighted by Gasteiger charge is 2.34. The molecule has 5 heteroatoms. The minimum absolute atomic E-state index is 0.0567. The number of amides is 1. The Morgan fingerprint density at radius 2 is 1.79 bits per heavy atom. The number of para-hydroxylation sites is 2. The van der Waals surface area contributed by atoms with Gasteiger partial charge in [0.25, 0.3) is 5.91 Å². The van der Waals surface area contributed by atoms with Crippen LogP contribution in [0.3, 0.4) is 0 Å².